The summed E-state index contributed by atoms with van der Waals surface area (Å²) in [6.45, 7) is 8.16. The first-order chi connectivity index (χ1) is 10.1. The van der Waals surface area contributed by atoms with Gasteiger partial charge in [-0.25, -0.2) is 4.98 Å². The highest BCUT2D eigenvalue weighted by Crippen LogP contribution is 2.23. The molecule has 0 saturated carbocycles. The van der Waals surface area contributed by atoms with Gasteiger partial charge in [0.1, 0.15) is 5.01 Å². The summed E-state index contributed by atoms with van der Waals surface area (Å²) in [5.41, 5.74) is 3.74. The molecule has 110 valence electrons. The normalized spacial score (nSPS) is 11.6. The average Bonchev–Trinajstić information content (AvgIpc) is 3.02. The van der Waals surface area contributed by atoms with E-state index in [-0.39, 0.29) is 0 Å². The molecule has 0 spiro atoms. The van der Waals surface area contributed by atoms with Gasteiger partial charge in [0.2, 0.25) is 0 Å². The van der Waals surface area contributed by atoms with Gasteiger partial charge >= 0.3 is 0 Å². The van der Waals surface area contributed by atoms with Crippen LogP contribution in [0.1, 0.15) is 30.1 Å². The lowest BCUT2D eigenvalue weighted by Gasteiger charge is -2.06. The van der Waals surface area contributed by atoms with Gasteiger partial charge in [-0.05, 0) is 18.6 Å². The van der Waals surface area contributed by atoms with E-state index in [9.17, 15) is 0 Å². The van der Waals surface area contributed by atoms with E-state index in [1.807, 2.05) is 6.92 Å². The molecule has 2 heterocycles. The molecule has 3 nitrogen and oxygen atoms in total. The van der Waals surface area contributed by atoms with Crippen LogP contribution in [0.25, 0.3) is 10.9 Å². The summed E-state index contributed by atoms with van der Waals surface area (Å²) >= 11 is 1.73. The smallest absolute Gasteiger partial charge is 0.113 e. The largest absolute Gasteiger partial charge is 0.340 e. The molecule has 0 atom stereocenters. The fourth-order valence-corrected chi connectivity index (χ4v) is 3.30. The SMILES string of the molecule is Cc1csc(Cn2cc(CNC(C)C)c3ccccc32)n1. The van der Waals surface area contributed by atoms with Crippen LogP contribution >= 0.6 is 11.3 Å². The summed E-state index contributed by atoms with van der Waals surface area (Å²) in [6, 6.07) is 9.10. The lowest BCUT2D eigenvalue weighted by molar-refractivity contribution is 0.589. The molecule has 0 aliphatic rings. The summed E-state index contributed by atoms with van der Waals surface area (Å²) < 4.78 is 2.31. The van der Waals surface area contributed by atoms with Crippen LogP contribution in [-0.2, 0) is 13.1 Å². The quantitative estimate of drug-likeness (QED) is 0.773. The van der Waals surface area contributed by atoms with E-state index in [1.54, 1.807) is 11.3 Å². The van der Waals surface area contributed by atoms with Gasteiger partial charge in [0, 0.05) is 40.8 Å². The Hall–Kier alpha value is -1.65. The van der Waals surface area contributed by atoms with Gasteiger partial charge in [0.15, 0.2) is 0 Å². The maximum absolute atomic E-state index is 4.58. The Morgan fingerprint density at radius 3 is 2.81 bits per heavy atom. The van der Waals surface area contributed by atoms with Crippen LogP contribution in [0.3, 0.4) is 0 Å². The Morgan fingerprint density at radius 1 is 1.29 bits per heavy atom. The van der Waals surface area contributed by atoms with Gasteiger partial charge in [-0.1, -0.05) is 32.0 Å². The summed E-state index contributed by atoms with van der Waals surface area (Å²) in [7, 11) is 0. The standard InChI is InChI=1S/C17H21N3S/c1-12(2)18-8-14-9-20(10-17-19-13(3)11-21-17)16-7-5-4-6-15(14)16/h4-7,9,11-12,18H,8,10H2,1-3H3. The van der Waals surface area contributed by atoms with Crippen molar-refractivity contribution in [2.45, 2.75) is 39.9 Å². The first-order valence-electron chi connectivity index (χ1n) is 7.34. The summed E-state index contributed by atoms with van der Waals surface area (Å²) in [6.07, 6.45) is 2.26. The molecule has 0 radical (unpaired) electrons. The fraction of sp³-hybridized carbons (Fsp3) is 0.353. The summed E-state index contributed by atoms with van der Waals surface area (Å²) in [5.74, 6) is 0. The van der Waals surface area contributed by atoms with Crippen molar-refractivity contribution >= 4 is 22.2 Å². The molecule has 21 heavy (non-hydrogen) atoms. The predicted molar refractivity (Wildman–Crippen MR) is 89.9 cm³/mol. The molecule has 0 unspecified atom stereocenters. The van der Waals surface area contributed by atoms with Crippen molar-refractivity contribution in [1.29, 1.82) is 0 Å². The Bertz CT molecular complexity index is 739. The minimum Gasteiger partial charge on any atom is -0.340 e. The van der Waals surface area contributed by atoms with E-state index in [2.05, 4.69) is 64.6 Å². The van der Waals surface area contributed by atoms with E-state index in [0.717, 1.165) is 23.8 Å². The second-order valence-corrected chi connectivity index (χ2v) is 6.66. The van der Waals surface area contributed by atoms with Crippen molar-refractivity contribution in [3.8, 4) is 0 Å². The third-order valence-electron chi connectivity index (χ3n) is 3.54. The number of para-hydroxylation sites is 1. The average molecular weight is 299 g/mol. The number of thiazole rings is 1. The lowest BCUT2D eigenvalue weighted by Crippen LogP contribution is -2.21. The first kappa shape index (κ1) is 14.3. The molecule has 0 fully saturated rings. The number of benzene rings is 1. The zero-order valence-corrected chi connectivity index (χ0v) is 13.6. The zero-order valence-electron chi connectivity index (χ0n) is 12.8. The van der Waals surface area contributed by atoms with Gasteiger partial charge in [0.05, 0.1) is 6.54 Å². The maximum atomic E-state index is 4.58. The van der Waals surface area contributed by atoms with Crippen LogP contribution < -0.4 is 5.32 Å². The van der Waals surface area contributed by atoms with Crippen molar-refractivity contribution in [3.63, 3.8) is 0 Å². The number of aromatic nitrogens is 2. The van der Waals surface area contributed by atoms with Crippen molar-refractivity contribution in [2.75, 3.05) is 0 Å². The predicted octanol–water partition coefficient (Wildman–Crippen LogP) is 3.95. The van der Waals surface area contributed by atoms with Gasteiger partial charge in [-0.2, -0.15) is 0 Å². The minimum atomic E-state index is 0.494. The second kappa shape index (κ2) is 6.00. The molecule has 3 rings (SSSR count). The fourth-order valence-electron chi connectivity index (χ4n) is 2.53. The lowest BCUT2D eigenvalue weighted by atomic mass is 10.2. The maximum Gasteiger partial charge on any atom is 0.113 e. The highest BCUT2D eigenvalue weighted by Gasteiger charge is 2.10. The van der Waals surface area contributed by atoms with Crippen LogP contribution in [-0.4, -0.2) is 15.6 Å². The van der Waals surface area contributed by atoms with Crippen molar-refractivity contribution in [3.05, 3.63) is 52.1 Å². The van der Waals surface area contributed by atoms with Crippen LogP contribution in [0.2, 0.25) is 0 Å². The molecule has 3 aromatic rings. The Morgan fingerprint density at radius 2 is 2.10 bits per heavy atom. The molecule has 0 aliphatic heterocycles. The second-order valence-electron chi connectivity index (χ2n) is 5.72. The van der Waals surface area contributed by atoms with E-state index in [0.29, 0.717) is 6.04 Å². The first-order valence-corrected chi connectivity index (χ1v) is 8.22. The van der Waals surface area contributed by atoms with E-state index < -0.39 is 0 Å². The van der Waals surface area contributed by atoms with Gasteiger partial charge in [0.25, 0.3) is 0 Å². The topological polar surface area (TPSA) is 29.9 Å². The molecule has 1 N–H and O–H groups in total. The van der Waals surface area contributed by atoms with Crippen LogP contribution in [0.15, 0.2) is 35.8 Å². The molecule has 0 bridgehead atoms. The number of aryl methyl sites for hydroxylation is 1. The number of hydrogen-bond donors (Lipinski definition) is 1. The third-order valence-corrected chi connectivity index (χ3v) is 4.50. The monoisotopic (exact) mass is 299 g/mol. The van der Waals surface area contributed by atoms with Crippen LogP contribution in [0, 0.1) is 6.92 Å². The number of hydrogen-bond acceptors (Lipinski definition) is 3. The molecular formula is C17H21N3S. The molecule has 0 aliphatic carbocycles. The van der Waals surface area contributed by atoms with E-state index in [4.69, 9.17) is 0 Å². The van der Waals surface area contributed by atoms with Crippen molar-refractivity contribution in [2.24, 2.45) is 0 Å². The number of rotatable bonds is 5. The summed E-state index contributed by atoms with van der Waals surface area (Å²) in [5, 5.41) is 8.12. The third kappa shape index (κ3) is 3.17. The van der Waals surface area contributed by atoms with E-state index in [1.165, 1.54) is 16.5 Å². The number of nitrogens with one attached hydrogen (secondary N) is 1. The van der Waals surface area contributed by atoms with Crippen LogP contribution in [0.4, 0.5) is 0 Å². The minimum absolute atomic E-state index is 0.494. The molecule has 0 saturated heterocycles. The molecule has 1 aromatic carbocycles. The van der Waals surface area contributed by atoms with Crippen molar-refractivity contribution < 1.29 is 0 Å². The van der Waals surface area contributed by atoms with Gasteiger partial charge < -0.3 is 9.88 Å². The zero-order chi connectivity index (χ0) is 14.8. The Balaban J connectivity index is 1.94. The highest BCUT2D eigenvalue weighted by atomic mass is 32.1. The Kier molecular flexibility index (Phi) is 4.08. The Labute approximate surface area is 129 Å². The molecule has 0 amide bonds. The number of nitrogens with zero attached hydrogens (tertiary/aromatic N) is 2. The molecule has 2 aromatic heterocycles. The molecular weight excluding hydrogens is 278 g/mol. The van der Waals surface area contributed by atoms with Crippen molar-refractivity contribution in [1.82, 2.24) is 14.9 Å². The van der Waals surface area contributed by atoms with Crippen LogP contribution in [0.5, 0.6) is 0 Å². The van der Waals surface area contributed by atoms with E-state index >= 15 is 0 Å². The van der Waals surface area contributed by atoms with Gasteiger partial charge in [-0.3, -0.25) is 0 Å². The molecule has 4 heteroatoms. The highest BCUT2D eigenvalue weighted by molar-refractivity contribution is 7.09. The summed E-state index contributed by atoms with van der Waals surface area (Å²) in [4.78, 5) is 4.58. The van der Waals surface area contributed by atoms with Gasteiger partial charge in [-0.15, -0.1) is 11.3 Å². The number of fused-ring (bicyclic) bond motifs is 1.